The molecule has 1 heterocycles. The summed E-state index contributed by atoms with van der Waals surface area (Å²) in [4.78, 5) is 15.7. The van der Waals surface area contributed by atoms with E-state index >= 15 is 0 Å². The number of fused-ring (bicyclic) bond motifs is 6. The summed E-state index contributed by atoms with van der Waals surface area (Å²) in [7, 11) is 0. The van der Waals surface area contributed by atoms with Crippen LogP contribution in [0, 0.1) is 23.7 Å². The van der Waals surface area contributed by atoms with E-state index in [9.17, 15) is 9.90 Å². The van der Waals surface area contributed by atoms with Gasteiger partial charge in [0.15, 0.2) is 0 Å². The van der Waals surface area contributed by atoms with E-state index in [4.69, 9.17) is 0 Å². The third-order valence-corrected chi connectivity index (χ3v) is 5.85. The van der Waals surface area contributed by atoms with Gasteiger partial charge in [0.1, 0.15) is 5.52 Å². The van der Waals surface area contributed by atoms with Crippen LogP contribution in [0.1, 0.15) is 35.7 Å². The van der Waals surface area contributed by atoms with Gasteiger partial charge in [0.25, 0.3) is 0 Å². The summed E-state index contributed by atoms with van der Waals surface area (Å²) in [5.74, 6) is 2.60. The molecule has 20 heavy (non-hydrogen) atoms. The van der Waals surface area contributed by atoms with Crippen molar-refractivity contribution in [2.24, 2.45) is 23.7 Å². The minimum atomic E-state index is -0.892. The average molecular weight is 268 g/mol. The van der Waals surface area contributed by atoms with E-state index < -0.39 is 5.97 Å². The van der Waals surface area contributed by atoms with Crippen molar-refractivity contribution in [1.82, 2.24) is 9.55 Å². The highest BCUT2D eigenvalue weighted by Gasteiger charge is 2.65. The average Bonchev–Trinajstić information content (AvgIpc) is 2.85. The molecule has 0 saturated heterocycles. The minimum Gasteiger partial charge on any atom is -0.478 e. The van der Waals surface area contributed by atoms with Crippen LogP contribution >= 0.6 is 0 Å². The molecule has 4 nitrogen and oxygen atoms in total. The number of aromatic nitrogens is 2. The van der Waals surface area contributed by atoms with Gasteiger partial charge in [-0.3, -0.25) is 0 Å². The van der Waals surface area contributed by atoms with Gasteiger partial charge in [-0.25, -0.2) is 9.78 Å². The SMILES string of the molecule is O=C(O)c1cccc2c1ncn2C1C2C3CCC(C3)C21. The molecule has 0 radical (unpaired) electrons. The number of carboxylic acids is 1. The van der Waals surface area contributed by atoms with Crippen LogP contribution in [-0.4, -0.2) is 20.6 Å². The Morgan fingerprint density at radius 3 is 2.70 bits per heavy atom. The monoisotopic (exact) mass is 268 g/mol. The summed E-state index contributed by atoms with van der Waals surface area (Å²) in [6.07, 6.45) is 6.09. The Hall–Kier alpha value is -1.84. The molecule has 0 amide bonds. The van der Waals surface area contributed by atoms with Gasteiger partial charge >= 0.3 is 5.97 Å². The summed E-state index contributed by atoms with van der Waals surface area (Å²) in [5, 5.41) is 9.25. The van der Waals surface area contributed by atoms with E-state index in [-0.39, 0.29) is 0 Å². The molecule has 2 aromatic rings. The van der Waals surface area contributed by atoms with Crippen molar-refractivity contribution in [2.75, 3.05) is 0 Å². The predicted octanol–water partition coefficient (Wildman–Crippen LogP) is 2.95. The van der Waals surface area contributed by atoms with E-state index in [1.54, 1.807) is 6.07 Å². The van der Waals surface area contributed by atoms with Gasteiger partial charge in [-0.1, -0.05) is 6.07 Å². The second-order valence-electron chi connectivity index (χ2n) is 6.61. The molecule has 1 aromatic carbocycles. The molecule has 102 valence electrons. The topological polar surface area (TPSA) is 55.1 Å². The lowest BCUT2D eigenvalue weighted by molar-refractivity contribution is 0.0699. The van der Waals surface area contributed by atoms with Crippen molar-refractivity contribution in [2.45, 2.75) is 25.3 Å². The van der Waals surface area contributed by atoms with Crippen LogP contribution in [0.5, 0.6) is 0 Å². The highest BCUT2D eigenvalue weighted by molar-refractivity contribution is 6.00. The predicted molar refractivity (Wildman–Crippen MR) is 73.5 cm³/mol. The standard InChI is InChI=1S/C16H16N2O2/c19-16(20)10-2-1-3-11-14(10)17-7-18(11)15-12-8-4-5-9(6-8)13(12)15/h1-3,7-9,12-13,15H,4-6H2,(H,19,20). The van der Waals surface area contributed by atoms with Crippen LogP contribution < -0.4 is 0 Å². The number of hydrogen-bond acceptors (Lipinski definition) is 2. The fourth-order valence-electron chi connectivity index (χ4n) is 5.12. The Balaban J connectivity index is 1.62. The van der Waals surface area contributed by atoms with Gasteiger partial charge in [0, 0.05) is 6.04 Å². The number of carboxylic acid groups (broad SMARTS) is 1. The number of benzene rings is 1. The number of imidazole rings is 1. The maximum Gasteiger partial charge on any atom is 0.337 e. The highest BCUT2D eigenvalue weighted by atomic mass is 16.4. The molecular weight excluding hydrogens is 252 g/mol. The first-order valence-corrected chi connectivity index (χ1v) is 7.44. The van der Waals surface area contributed by atoms with Crippen LogP contribution in [-0.2, 0) is 0 Å². The Bertz CT molecular complexity index is 719. The number of rotatable bonds is 2. The van der Waals surface area contributed by atoms with Crippen molar-refractivity contribution < 1.29 is 9.90 Å². The summed E-state index contributed by atoms with van der Waals surface area (Å²) in [6.45, 7) is 0. The summed E-state index contributed by atoms with van der Waals surface area (Å²) < 4.78 is 2.25. The molecule has 1 aromatic heterocycles. The summed E-state index contributed by atoms with van der Waals surface area (Å²) in [5.41, 5.74) is 1.94. The molecule has 4 heteroatoms. The van der Waals surface area contributed by atoms with E-state index in [2.05, 4.69) is 9.55 Å². The van der Waals surface area contributed by atoms with E-state index in [0.717, 1.165) is 29.2 Å². The Labute approximate surface area is 116 Å². The van der Waals surface area contributed by atoms with Gasteiger partial charge in [-0.2, -0.15) is 0 Å². The zero-order chi connectivity index (χ0) is 13.4. The second-order valence-corrected chi connectivity index (χ2v) is 6.61. The van der Waals surface area contributed by atoms with Crippen LogP contribution in [0.2, 0.25) is 0 Å². The van der Waals surface area contributed by atoms with E-state index in [1.165, 1.54) is 19.3 Å². The van der Waals surface area contributed by atoms with Crippen molar-refractivity contribution >= 4 is 17.0 Å². The lowest BCUT2D eigenvalue weighted by atomic mass is 10.0. The highest BCUT2D eigenvalue weighted by Crippen LogP contribution is 2.71. The number of carbonyl (C=O) groups is 1. The quantitative estimate of drug-likeness (QED) is 0.911. The Morgan fingerprint density at radius 2 is 2.00 bits per heavy atom. The Kier molecular flexibility index (Phi) is 1.87. The molecule has 4 atom stereocenters. The molecule has 1 N–H and O–H groups in total. The van der Waals surface area contributed by atoms with Crippen LogP contribution in [0.4, 0.5) is 0 Å². The van der Waals surface area contributed by atoms with Crippen molar-refractivity contribution in [1.29, 1.82) is 0 Å². The lowest BCUT2D eigenvalue weighted by Crippen LogP contribution is -2.04. The second kappa shape index (κ2) is 3.43. The van der Waals surface area contributed by atoms with Crippen LogP contribution in [0.25, 0.3) is 11.0 Å². The molecule has 0 aliphatic heterocycles. The van der Waals surface area contributed by atoms with Crippen molar-refractivity contribution in [3.05, 3.63) is 30.1 Å². The fourth-order valence-corrected chi connectivity index (χ4v) is 5.12. The third-order valence-electron chi connectivity index (χ3n) is 5.85. The molecule has 3 aliphatic rings. The van der Waals surface area contributed by atoms with E-state index in [1.807, 2.05) is 18.5 Å². The van der Waals surface area contributed by atoms with Crippen molar-refractivity contribution in [3.63, 3.8) is 0 Å². The molecule has 3 aliphatic carbocycles. The number of aromatic carboxylic acids is 1. The number of hydrogen-bond donors (Lipinski definition) is 1. The molecule has 4 unspecified atom stereocenters. The molecule has 2 bridgehead atoms. The molecule has 0 spiro atoms. The first kappa shape index (κ1) is 10.9. The normalized spacial score (nSPS) is 37.3. The zero-order valence-corrected chi connectivity index (χ0v) is 11.1. The first-order chi connectivity index (χ1) is 9.75. The molecule has 5 rings (SSSR count). The summed E-state index contributed by atoms with van der Waals surface area (Å²) >= 11 is 0. The Morgan fingerprint density at radius 1 is 1.25 bits per heavy atom. The van der Waals surface area contributed by atoms with Gasteiger partial charge in [0.2, 0.25) is 0 Å². The maximum absolute atomic E-state index is 11.3. The third kappa shape index (κ3) is 1.18. The smallest absolute Gasteiger partial charge is 0.337 e. The fraction of sp³-hybridized carbons (Fsp3) is 0.500. The number of nitrogens with zero attached hydrogens (tertiary/aromatic N) is 2. The maximum atomic E-state index is 11.3. The first-order valence-electron chi connectivity index (χ1n) is 7.44. The van der Waals surface area contributed by atoms with Crippen LogP contribution in [0.15, 0.2) is 24.5 Å². The minimum absolute atomic E-state index is 0.315. The lowest BCUT2D eigenvalue weighted by Gasteiger charge is -2.10. The van der Waals surface area contributed by atoms with Gasteiger partial charge in [-0.15, -0.1) is 0 Å². The van der Waals surface area contributed by atoms with Gasteiger partial charge in [-0.05, 0) is 55.1 Å². The van der Waals surface area contributed by atoms with Crippen molar-refractivity contribution in [3.8, 4) is 0 Å². The number of para-hydroxylation sites is 1. The van der Waals surface area contributed by atoms with Gasteiger partial charge in [0.05, 0.1) is 17.4 Å². The largest absolute Gasteiger partial charge is 0.478 e. The van der Waals surface area contributed by atoms with Gasteiger partial charge < -0.3 is 9.67 Å². The van der Waals surface area contributed by atoms with Crippen LogP contribution in [0.3, 0.4) is 0 Å². The van der Waals surface area contributed by atoms with E-state index in [0.29, 0.717) is 17.1 Å². The molecule has 3 fully saturated rings. The zero-order valence-electron chi connectivity index (χ0n) is 11.1. The molecule has 3 saturated carbocycles. The summed E-state index contributed by atoms with van der Waals surface area (Å²) in [6, 6.07) is 6.05. The molecular formula is C16H16N2O2.